The Morgan fingerprint density at radius 3 is 2.68 bits per heavy atom. The molecule has 0 bridgehead atoms. The summed E-state index contributed by atoms with van der Waals surface area (Å²) in [6.45, 7) is 2.25. The highest BCUT2D eigenvalue weighted by Gasteiger charge is 2.36. The number of hydrogen-bond donors (Lipinski definition) is 3. The van der Waals surface area contributed by atoms with Crippen LogP contribution in [0.1, 0.15) is 29.8 Å². The van der Waals surface area contributed by atoms with Crippen LogP contribution in [0.4, 0.5) is 0 Å². The molecule has 3 atom stereocenters. The molecule has 0 aliphatic carbocycles. The molecule has 1 aliphatic heterocycles. The lowest BCUT2D eigenvalue weighted by atomic mass is 10.1. The number of nitrogens with one attached hydrogen (secondary N) is 1. The van der Waals surface area contributed by atoms with Crippen LogP contribution in [0.25, 0.3) is 0 Å². The molecule has 3 unspecified atom stereocenters. The predicted molar refractivity (Wildman–Crippen MR) is 100 cm³/mol. The molecule has 1 aromatic carbocycles. The molecule has 8 nitrogen and oxygen atoms in total. The number of hydrogen-bond acceptors (Lipinski definition) is 6. The molecule has 0 radical (unpaired) electrons. The van der Waals surface area contributed by atoms with Crippen LogP contribution < -0.4 is 10.1 Å². The predicted octanol–water partition coefficient (Wildman–Crippen LogP) is 0.532. The topological polar surface area (TPSA) is 112 Å². The maximum atomic E-state index is 12.5. The molecule has 0 saturated carbocycles. The normalized spacial score (nSPS) is 16.1. The second-order valence-electron chi connectivity index (χ2n) is 6.70. The SMILES string of the molecule is COc1cccc(C(C)NC(=O)C(O)C(O)C(=O)N2Cc3cccnc3C2)c1. The van der Waals surface area contributed by atoms with Crippen molar-refractivity contribution >= 4 is 11.8 Å². The van der Waals surface area contributed by atoms with Crippen molar-refractivity contribution < 1.29 is 24.5 Å². The number of benzene rings is 1. The van der Waals surface area contributed by atoms with Gasteiger partial charge in [-0.25, -0.2) is 0 Å². The van der Waals surface area contributed by atoms with Gasteiger partial charge in [0.15, 0.2) is 12.2 Å². The first kappa shape index (κ1) is 19.8. The Morgan fingerprint density at radius 1 is 1.18 bits per heavy atom. The van der Waals surface area contributed by atoms with Gasteiger partial charge in [-0.15, -0.1) is 0 Å². The summed E-state index contributed by atoms with van der Waals surface area (Å²) in [5.74, 6) is -0.905. The summed E-state index contributed by atoms with van der Waals surface area (Å²) in [6, 6.07) is 10.3. The maximum Gasteiger partial charge on any atom is 0.255 e. The van der Waals surface area contributed by atoms with E-state index in [0.29, 0.717) is 5.75 Å². The van der Waals surface area contributed by atoms with Crippen LogP contribution in [0.5, 0.6) is 5.75 Å². The fourth-order valence-electron chi connectivity index (χ4n) is 3.11. The third kappa shape index (κ3) is 4.13. The van der Waals surface area contributed by atoms with Crippen LogP contribution in [0.15, 0.2) is 42.6 Å². The van der Waals surface area contributed by atoms with Crippen LogP contribution >= 0.6 is 0 Å². The summed E-state index contributed by atoms with van der Waals surface area (Å²) < 4.78 is 5.15. The van der Waals surface area contributed by atoms with Crippen LogP contribution in [-0.2, 0) is 22.7 Å². The minimum atomic E-state index is -1.88. The molecule has 1 aromatic heterocycles. The van der Waals surface area contributed by atoms with Gasteiger partial charge in [-0.2, -0.15) is 0 Å². The van der Waals surface area contributed by atoms with Gasteiger partial charge in [-0.1, -0.05) is 18.2 Å². The minimum Gasteiger partial charge on any atom is -0.497 e. The second-order valence-corrected chi connectivity index (χ2v) is 6.70. The number of carbonyl (C=O) groups is 2. The highest BCUT2D eigenvalue weighted by molar-refractivity contribution is 5.91. The van der Waals surface area contributed by atoms with E-state index in [-0.39, 0.29) is 13.1 Å². The third-order valence-electron chi connectivity index (χ3n) is 4.77. The van der Waals surface area contributed by atoms with E-state index in [2.05, 4.69) is 10.3 Å². The second kappa shape index (κ2) is 8.37. The average molecular weight is 385 g/mol. The smallest absolute Gasteiger partial charge is 0.255 e. The van der Waals surface area contributed by atoms with Crippen molar-refractivity contribution in [3.8, 4) is 5.75 Å². The number of aromatic nitrogens is 1. The van der Waals surface area contributed by atoms with Gasteiger partial charge in [0.05, 0.1) is 25.4 Å². The summed E-state index contributed by atoms with van der Waals surface area (Å²) >= 11 is 0. The molecule has 2 aromatic rings. The van der Waals surface area contributed by atoms with Gasteiger partial charge in [0.2, 0.25) is 0 Å². The third-order valence-corrected chi connectivity index (χ3v) is 4.77. The summed E-state index contributed by atoms with van der Waals surface area (Å²) in [7, 11) is 1.54. The number of nitrogens with zero attached hydrogens (tertiary/aromatic N) is 2. The monoisotopic (exact) mass is 385 g/mol. The van der Waals surface area contributed by atoms with Crippen molar-refractivity contribution in [1.82, 2.24) is 15.2 Å². The van der Waals surface area contributed by atoms with E-state index in [0.717, 1.165) is 16.8 Å². The zero-order valence-electron chi connectivity index (χ0n) is 15.7. The van der Waals surface area contributed by atoms with Crippen molar-refractivity contribution in [2.24, 2.45) is 0 Å². The largest absolute Gasteiger partial charge is 0.497 e. The first-order valence-corrected chi connectivity index (χ1v) is 8.92. The number of aliphatic hydroxyl groups is 2. The Hall–Kier alpha value is -2.97. The van der Waals surface area contributed by atoms with E-state index < -0.39 is 30.1 Å². The molecule has 0 spiro atoms. The molecular weight excluding hydrogens is 362 g/mol. The number of ether oxygens (including phenoxy) is 1. The van der Waals surface area contributed by atoms with Crippen molar-refractivity contribution in [3.05, 3.63) is 59.4 Å². The molecule has 0 saturated heterocycles. The summed E-state index contributed by atoms with van der Waals surface area (Å²) in [4.78, 5) is 30.4. The van der Waals surface area contributed by atoms with Gasteiger partial charge < -0.3 is 25.2 Å². The van der Waals surface area contributed by atoms with Crippen LogP contribution in [0.3, 0.4) is 0 Å². The van der Waals surface area contributed by atoms with E-state index in [4.69, 9.17) is 4.74 Å². The molecule has 2 heterocycles. The fraction of sp³-hybridized carbons (Fsp3) is 0.350. The van der Waals surface area contributed by atoms with Gasteiger partial charge >= 0.3 is 0 Å². The maximum absolute atomic E-state index is 12.5. The number of carbonyl (C=O) groups excluding carboxylic acids is 2. The average Bonchev–Trinajstić information content (AvgIpc) is 3.16. The summed E-state index contributed by atoms with van der Waals surface area (Å²) in [5.41, 5.74) is 2.39. The zero-order chi connectivity index (χ0) is 20.3. The highest BCUT2D eigenvalue weighted by Crippen LogP contribution is 2.22. The molecule has 0 fully saturated rings. The Balaban J connectivity index is 1.60. The molecular formula is C20H23N3O5. The van der Waals surface area contributed by atoms with Crippen molar-refractivity contribution in [2.75, 3.05) is 7.11 Å². The van der Waals surface area contributed by atoms with E-state index in [1.54, 1.807) is 50.6 Å². The van der Waals surface area contributed by atoms with Gasteiger partial charge in [-0.3, -0.25) is 14.6 Å². The molecule has 2 amide bonds. The standard InChI is InChI=1S/C20H23N3O5/c1-12(13-5-3-7-15(9-13)28-2)22-19(26)17(24)18(25)20(27)23-10-14-6-4-8-21-16(14)11-23/h3-9,12,17-18,24-25H,10-11H2,1-2H3,(H,22,26). The van der Waals surface area contributed by atoms with Gasteiger partial charge in [0, 0.05) is 12.7 Å². The molecule has 1 aliphatic rings. The van der Waals surface area contributed by atoms with Gasteiger partial charge in [-0.05, 0) is 36.2 Å². The first-order chi connectivity index (χ1) is 13.4. The number of pyridine rings is 1. The Kier molecular flexibility index (Phi) is 5.91. The summed E-state index contributed by atoms with van der Waals surface area (Å²) in [6.07, 6.45) is -2.10. The Morgan fingerprint density at radius 2 is 1.96 bits per heavy atom. The van der Waals surface area contributed by atoms with Crippen LogP contribution in [0.2, 0.25) is 0 Å². The zero-order valence-corrected chi connectivity index (χ0v) is 15.7. The van der Waals surface area contributed by atoms with Crippen molar-refractivity contribution in [2.45, 2.75) is 38.3 Å². The van der Waals surface area contributed by atoms with E-state index in [9.17, 15) is 19.8 Å². The van der Waals surface area contributed by atoms with E-state index >= 15 is 0 Å². The fourth-order valence-corrected chi connectivity index (χ4v) is 3.11. The Bertz CT molecular complexity index is 847. The quantitative estimate of drug-likeness (QED) is 0.669. The van der Waals surface area contributed by atoms with E-state index in [1.165, 1.54) is 4.90 Å². The van der Waals surface area contributed by atoms with Gasteiger partial charge in [0.1, 0.15) is 5.75 Å². The van der Waals surface area contributed by atoms with Crippen molar-refractivity contribution in [3.63, 3.8) is 0 Å². The molecule has 28 heavy (non-hydrogen) atoms. The Labute approximate surface area is 162 Å². The number of amides is 2. The lowest BCUT2D eigenvalue weighted by Gasteiger charge is -2.24. The molecule has 3 rings (SSSR count). The van der Waals surface area contributed by atoms with Gasteiger partial charge in [0.25, 0.3) is 11.8 Å². The van der Waals surface area contributed by atoms with Crippen molar-refractivity contribution in [1.29, 1.82) is 0 Å². The lowest BCUT2D eigenvalue weighted by Crippen LogP contribution is -2.50. The molecule has 3 N–H and O–H groups in total. The highest BCUT2D eigenvalue weighted by atomic mass is 16.5. The first-order valence-electron chi connectivity index (χ1n) is 8.92. The number of fused-ring (bicyclic) bond motifs is 1. The molecule has 148 valence electrons. The lowest BCUT2D eigenvalue weighted by molar-refractivity contribution is -0.153. The van der Waals surface area contributed by atoms with Crippen LogP contribution in [0, 0.1) is 0 Å². The number of rotatable bonds is 6. The summed E-state index contributed by atoms with van der Waals surface area (Å²) in [5, 5.41) is 23.0. The minimum absolute atomic E-state index is 0.237. The van der Waals surface area contributed by atoms with E-state index in [1.807, 2.05) is 6.07 Å². The van der Waals surface area contributed by atoms with Crippen LogP contribution in [-0.4, -0.2) is 51.2 Å². The number of aliphatic hydroxyl groups excluding tert-OH is 2. The number of methoxy groups -OCH3 is 1. The molecule has 8 heteroatoms.